The first-order chi connectivity index (χ1) is 15.3. The van der Waals surface area contributed by atoms with Gasteiger partial charge in [0.1, 0.15) is 0 Å². The van der Waals surface area contributed by atoms with Crippen LogP contribution in [0.1, 0.15) is 63.4 Å². The lowest BCUT2D eigenvalue weighted by atomic mass is 10.0. The van der Waals surface area contributed by atoms with Crippen molar-refractivity contribution in [2.24, 2.45) is 0 Å². The van der Waals surface area contributed by atoms with E-state index in [1.54, 1.807) is 12.2 Å². The van der Waals surface area contributed by atoms with E-state index in [1.165, 1.54) is 17.6 Å². The van der Waals surface area contributed by atoms with Gasteiger partial charge in [0.05, 0.1) is 19.3 Å². The Morgan fingerprint density at radius 3 is 2.62 bits per heavy atom. The number of hydrogen-bond donors (Lipinski definition) is 1. The molecular formula is C25H35F2NO4. The summed E-state index contributed by atoms with van der Waals surface area (Å²) in [5.74, 6) is -4.76. The zero-order chi connectivity index (χ0) is 23.4. The van der Waals surface area contributed by atoms with E-state index in [-0.39, 0.29) is 12.5 Å². The minimum atomic E-state index is -3.36. The Bertz CT molecular complexity index is 739. The summed E-state index contributed by atoms with van der Waals surface area (Å²) in [5, 5.41) is 10.2. The number of ether oxygens (including phenoxy) is 1. The standard InChI is InChI=1S/C25H35F2NO4/c1-32-23(30)15-7-2-3-10-18-28-21(19-25(26,27)24(28)31)16-17-22(29)14-9-8-13-20-11-5-4-6-12-20/h4-6,11-12,16-17,21-22,29H,2-3,7-10,13-15,18-19H2,1H3/t21-,22-/m0/s1. The minimum Gasteiger partial charge on any atom is -0.469 e. The molecule has 1 fully saturated rings. The van der Waals surface area contributed by atoms with Crippen molar-refractivity contribution < 1.29 is 28.2 Å². The molecule has 178 valence electrons. The van der Waals surface area contributed by atoms with Crippen molar-refractivity contribution >= 4 is 11.9 Å². The van der Waals surface area contributed by atoms with E-state index in [0.717, 1.165) is 32.1 Å². The predicted molar refractivity (Wildman–Crippen MR) is 119 cm³/mol. The highest BCUT2D eigenvalue weighted by Gasteiger charge is 2.52. The number of unbranched alkanes of at least 4 members (excludes halogenated alkanes) is 4. The lowest BCUT2D eigenvalue weighted by Gasteiger charge is -2.22. The zero-order valence-corrected chi connectivity index (χ0v) is 18.8. The number of halogens is 2. The minimum absolute atomic E-state index is 0.245. The number of hydrogen-bond acceptors (Lipinski definition) is 4. The van der Waals surface area contributed by atoms with E-state index in [2.05, 4.69) is 16.9 Å². The van der Waals surface area contributed by atoms with Crippen LogP contribution in [0.25, 0.3) is 0 Å². The van der Waals surface area contributed by atoms with Crippen LogP contribution in [0.5, 0.6) is 0 Å². The number of alkyl halides is 2. The number of esters is 1. The summed E-state index contributed by atoms with van der Waals surface area (Å²) in [5.41, 5.74) is 1.25. The number of amides is 1. The van der Waals surface area contributed by atoms with E-state index in [1.807, 2.05) is 18.2 Å². The van der Waals surface area contributed by atoms with Crippen LogP contribution in [-0.4, -0.2) is 53.6 Å². The summed E-state index contributed by atoms with van der Waals surface area (Å²) in [6.07, 6.45) is 8.23. The molecule has 32 heavy (non-hydrogen) atoms. The normalized spacial score (nSPS) is 18.9. The summed E-state index contributed by atoms with van der Waals surface area (Å²) < 4.78 is 32.6. The monoisotopic (exact) mass is 451 g/mol. The highest BCUT2D eigenvalue weighted by molar-refractivity contribution is 5.86. The second kappa shape index (κ2) is 13.3. The van der Waals surface area contributed by atoms with Gasteiger partial charge in [-0.2, -0.15) is 8.78 Å². The lowest BCUT2D eigenvalue weighted by Crippen LogP contribution is -2.36. The Balaban J connectivity index is 1.73. The largest absolute Gasteiger partial charge is 0.469 e. The van der Waals surface area contributed by atoms with Gasteiger partial charge in [0.25, 0.3) is 5.91 Å². The number of carbonyl (C=O) groups excluding carboxylic acids is 2. The van der Waals surface area contributed by atoms with Gasteiger partial charge in [0.15, 0.2) is 0 Å². The molecule has 0 aliphatic carbocycles. The maximum absolute atomic E-state index is 14.0. The number of rotatable bonds is 14. The average molecular weight is 452 g/mol. The van der Waals surface area contributed by atoms with Gasteiger partial charge in [-0.3, -0.25) is 9.59 Å². The molecule has 1 N–H and O–H groups in total. The number of likely N-dealkylation sites (tertiary alicyclic amines) is 1. The van der Waals surface area contributed by atoms with Crippen molar-refractivity contribution in [1.29, 1.82) is 0 Å². The van der Waals surface area contributed by atoms with Gasteiger partial charge in [-0.1, -0.05) is 61.7 Å². The van der Waals surface area contributed by atoms with Gasteiger partial charge >= 0.3 is 11.9 Å². The molecule has 0 radical (unpaired) electrons. The summed E-state index contributed by atoms with van der Waals surface area (Å²) >= 11 is 0. The Labute approximate surface area is 189 Å². The molecule has 1 aromatic rings. The SMILES string of the molecule is COC(=O)CCCCCCN1C(=O)C(F)(F)C[C@@H]1C=C[C@@H](O)CCCCc1ccccc1. The molecule has 0 saturated carbocycles. The van der Waals surface area contributed by atoms with Gasteiger partial charge < -0.3 is 14.7 Å². The molecule has 0 unspecified atom stereocenters. The predicted octanol–water partition coefficient (Wildman–Crippen LogP) is 4.68. The van der Waals surface area contributed by atoms with E-state index in [4.69, 9.17) is 0 Å². The second-order valence-corrected chi connectivity index (χ2v) is 8.40. The van der Waals surface area contributed by atoms with E-state index in [0.29, 0.717) is 25.7 Å². The molecule has 5 nitrogen and oxygen atoms in total. The van der Waals surface area contributed by atoms with Crippen LogP contribution >= 0.6 is 0 Å². The van der Waals surface area contributed by atoms with Crippen LogP contribution < -0.4 is 0 Å². The van der Waals surface area contributed by atoms with Crippen molar-refractivity contribution in [2.75, 3.05) is 13.7 Å². The smallest absolute Gasteiger partial charge is 0.327 e. The number of nitrogens with zero attached hydrogens (tertiary/aromatic N) is 1. The van der Waals surface area contributed by atoms with Crippen LogP contribution in [0.4, 0.5) is 8.78 Å². The number of aliphatic hydroxyl groups is 1. The van der Waals surface area contributed by atoms with E-state index >= 15 is 0 Å². The molecule has 1 saturated heterocycles. The molecule has 1 aliphatic rings. The highest BCUT2D eigenvalue weighted by Crippen LogP contribution is 2.34. The fourth-order valence-electron chi connectivity index (χ4n) is 3.95. The van der Waals surface area contributed by atoms with Crippen LogP contribution in [-0.2, 0) is 20.7 Å². The summed E-state index contributed by atoms with van der Waals surface area (Å²) in [6.45, 7) is 0.245. The van der Waals surface area contributed by atoms with Crippen molar-refractivity contribution in [1.82, 2.24) is 4.90 Å². The van der Waals surface area contributed by atoms with Crippen LogP contribution in [0.15, 0.2) is 42.5 Å². The topological polar surface area (TPSA) is 66.8 Å². The Morgan fingerprint density at radius 1 is 1.19 bits per heavy atom. The molecule has 0 bridgehead atoms. The third-order valence-electron chi connectivity index (χ3n) is 5.81. The summed E-state index contributed by atoms with van der Waals surface area (Å²) in [6, 6.07) is 9.41. The molecule has 2 rings (SSSR count). The van der Waals surface area contributed by atoms with Crippen molar-refractivity contribution in [3.63, 3.8) is 0 Å². The molecule has 2 atom stereocenters. The number of benzene rings is 1. The number of methoxy groups -OCH3 is 1. The molecule has 0 spiro atoms. The average Bonchev–Trinajstić information content (AvgIpc) is 3.00. The summed E-state index contributed by atoms with van der Waals surface area (Å²) in [7, 11) is 1.34. The van der Waals surface area contributed by atoms with Crippen LogP contribution in [0.2, 0.25) is 0 Å². The van der Waals surface area contributed by atoms with Gasteiger partial charge in [0.2, 0.25) is 0 Å². The molecule has 1 aliphatic heterocycles. The van der Waals surface area contributed by atoms with Crippen molar-refractivity contribution in [3.8, 4) is 0 Å². The quantitative estimate of drug-likeness (QED) is 0.253. The van der Waals surface area contributed by atoms with Gasteiger partial charge in [-0.05, 0) is 37.7 Å². The fraction of sp³-hybridized carbons (Fsp3) is 0.600. The van der Waals surface area contributed by atoms with E-state index < -0.39 is 30.4 Å². The number of aliphatic hydroxyl groups excluding tert-OH is 1. The first-order valence-corrected chi connectivity index (χ1v) is 11.5. The van der Waals surface area contributed by atoms with Crippen LogP contribution in [0.3, 0.4) is 0 Å². The molecule has 0 aromatic heterocycles. The number of carbonyl (C=O) groups is 2. The molecule has 1 aromatic carbocycles. The van der Waals surface area contributed by atoms with Gasteiger partial charge in [-0.25, -0.2) is 0 Å². The van der Waals surface area contributed by atoms with Gasteiger partial charge in [0, 0.05) is 19.4 Å². The Kier molecular flexibility index (Phi) is 10.8. The fourth-order valence-corrected chi connectivity index (χ4v) is 3.95. The third-order valence-corrected chi connectivity index (χ3v) is 5.81. The maximum Gasteiger partial charge on any atom is 0.327 e. The molecular weight excluding hydrogens is 416 g/mol. The highest BCUT2D eigenvalue weighted by atomic mass is 19.3. The summed E-state index contributed by atoms with van der Waals surface area (Å²) in [4.78, 5) is 24.4. The van der Waals surface area contributed by atoms with Crippen molar-refractivity contribution in [3.05, 3.63) is 48.0 Å². The molecule has 1 amide bonds. The van der Waals surface area contributed by atoms with Crippen LogP contribution in [0, 0.1) is 0 Å². The second-order valence-electron chi connectivity index (χ2n) is 8.40. The molecule has 7 heteroatoms. The number of aryl methyl sites for hydroxylation is 1. The first-order valence-electron chi connectivity index (χ1n) is 11.5. The third kappa shape index (κ3) is 8.69. The van der Waals surface area contributed by atoms with Crippen molar-refractivity contribution in [2.45, 2.75) is 82.3 Å². The lowest BCUT2D eigenvalue weighted by molar-refractivity contribution is -0.148. The van der Waals surface area contributed by atoms with Gasteiger partial charge in [-0.15, -0.1) is 0 Å². The maximum atomic E-state index is 14.0. The molecule has 1 heterocycles. The first kappa shape index (κ1) is 26.0. The zero-order valence-electron chi connectivity index (χ0n) is 18.8. The van der Waals surface area contributed by atoms with E-state index in [9.17, 15) is 23.5 Å². The Morgan fingerprint density at radius 2 is 1.91 bits per heavy atom. The Hall–Kier alpha value is -2.28.